The molecule has 0 radical (unpaired) electrons. The number of carbonyl (C=O) groups excluding carboxylic acids is 1. The van der Waals surface area contributed by atoms with E-state index in [0.717, 1.165) is 12.5 Å². The first kappa shape index (κ1) is 10.9. The number of aliphatic carboxylic acids is 1. The molecule has 0 saturated heterocycles. The van der Waals surface area contributed by atoms with Gasteiger partial charge in [-0.1, -0.05) is 13.0 Å². The first-order valence-electron chi connectivity index (χ1n) is 4.08. The molecule has 3 heteroatoms. The van der Waals surface area contributed by atoms with E-state index in [9.17, 15) is 9.59 Å². The molecule has 0 spiro atoms. The number of unbranched alkanes of at least 4 members (excludes halogenated alkanes) is 1. The molecular formula is C9H14O3. The van der Waals surface area contributed by atoms with Gasteiger partial charge in [0.15, 0.2) is 0 Å². The normalized spacial score (nSPS) is 10.4. The Hall–Kier alpha value is -1.12. The molecule has 0 aromatic carbocycles. The molecular weight excluding hydrogens is 156 g/mol. The third-order valence-corrected chi connectivity index (χ3v) is 1.48. The fourth-order valence-electron chi connectivity index (χ4n) is 0.778. The molecule has 0 rings (SSSR count). The van der Waals surface area contributed by atoms with Crippen molar-refractivity contribution >= 4 is 11.8 Å². The van der Waals surface area contributed by atoms with Crippen molar-refractivity contribution in [3.63, 3.8) is 0 Å². The summed E-state index contributed by atoms with van der Waals surface area (Å²) < 4.78 is 0. The fraction of sp³-hybridized carbons (Fsp3) is 0.556. The summed E-state index contributed by atoms with van der Waals surface area (Å²) in [6.07, 6.45) is 5.22. The predicted octanol–water partition coefficient (Wildman–Crippen LogP) is 1.78. The van der Waals surface area contributed by atoms with Crippen LogP contribution in [-0.2, 0) is 9.59 Å². The van der Waals surface area contributed by atoms with E-state index in [1.807, 2.05) is 6.92 Å². The minimum atomic E-state index is -0.934. The van der Waals surface area contributed by atoms with Crippen molar-refractivity contribution in [1.29, 1.82) is 0 Å². The van der Waals surface area contributed by atoms with Gasteiger partial charge in [-0.15, -0.1) is 0 Å². The van der Waals surface area contributed by atoms with E-state index in [-0.39, 0.29) is 5.78 Å². The fourth-order valence-corrected chi connectivity index (χ4v) is 0.778. The molecule has 0 unspecified atom stereocenters. The Balaban J connectivity index is 3.33. The molecule has 0 aromatic heterocycles. The van der Waals surface area contributed by atoms with Gasteiger partial charge in [-0.05, 0) is 12.8 Å². The second-order valence-electron chi connectivity index (χ2n) is 2.53. The molecule has 0 aliphatic heterocycles. The van der Waals surface area contributed by atoms with Gasteiger partial charge in [0.1, 0.15) is 5.78 Å². The second-order valence-corrected chi connectivity index (χ2v) is 2.53. The van der Waals surface area contributed by atoms with E-state index in [2.05, 4.69) is 0 Å². The van der Waals surface area contributed by atoms with Gasteiger partial charge in [-0.3, -0.25) is 4.79 Å². The highest BCUT2D eigenvalue weighted by Gasteiger charge is 1.95. The third-order valence-electron chi connectivity index (χ3n) is 1.48. The van der Waals surface area contributed by atoms with Crippen LogP contribution >= 0.6 is 0 Å². The smallest absolute Gasteiger partial charge is 0.327 e. The molecule has 1 N–H and O–H groups in total. The summed E-state index contributed by atoms with van der Waals surface area (Å²) in [7, 11) is 0. The van der Waals surface area contributed by atoms with E-state index < -0.39 is 5.97 Å². The summed E-state index contributed by atoms with van der Waals surface area (Å²) in [6, 6.07) is 0. The van der Waals surface area contributed by atoms with Crippen LogP contribution < -0.4 is 0 Å². The summed E-state index contributed by atoms with van der Waals surface area (Å²) in [5, 5.41) is 8.21. The van der Waals surface area contributed by atoms with Crippen molar-refractivity contribution < 1.29 is 14.7 Å². The molecule has 12 heavy (non-hydrogen) atoms. The van der Waals surface area contributed by atoms with E-state index in [1.54, 1.807) is 6.08 Å². The van der Waals surface area contributed by atoms with Crippen molar-refractivity contribution in [2.45, 2.75) is 32.6 Å². The summed E-state index contributed by atoms with van der Waals surface area (Å²) in [6.45, 7) is 1.83. The maximum absolute atomic E-state index is 10.8. The van der Waals surface area contributed by atoms with Gasteiger partial charge >= 0.3 is 5.97 Å². The first-order valence-corrected chi connectivity index (χ1v) is 4.08. The molecule has 3 nitrogen and oxygen atoms in total. The highest BCUT2D eigenvalue weighted by atomic mass is 16.4. The Bertz CT molecular complexity index is 182. The van der Waals surface area contributed by atoms with Gasteiger partial charge in [0.05, 0.1) is 0 Å². The Labute approximate surface area is 72.1 Å². The molecule has 0 bridgehead atoms. The maximum Gasteiger partial charge on any atom is 0.327 e. The Morgan fingerprint density at radius 2 is 2.08 bits per heavy atom. The number of hydrogen-bond donors (Lipinski definition) is 1. The molecule has 0 heterocycles. The van der Waals surface area contributed by atoms with Crippen LogP contribution in [0, 0.1) is 0 Å². The Kier molecular flexibility index (Phi) is 5.97. The quantitative estimate of drug-likeness (QED) is 0.488. The molecule has 0 aromatic rings. The molecule has 0 aliphatic rings. The number of carboxylic acids is 1. The van der Waals surface area contributed by atoms with E-state index in [0.29, 0.717) is 19.3 Å². The predicted molar refractivity (Wildman–Crippen MR) is 45.9 cm³/mol. The number of carbonyl (C=O) groups is 2. The SMILES string of the molecule is CCC(=O)CCCC=CC(=O)O. The van der Waals surface area contributed by atoms with Gasteiger partial charge in [0, 0.05) is 18.9 Å². The average molecular weight is 170 g/mol. The van der Waals surface area contributed by atoms with Crippen LogP contribution in [0.25, 0.3) is 0 Å². The number of carboxylic acid groups (broad SMARTS) is 1. The number of allylic oxidation sites excluding steroid dienone is 1. The van der Waals surface area contributed by atoms with Gasteiger partial charge in [-0.2, -0.15) is 0 Å². The Morgan fingerprint density at radius 1 is 1.42 bits per heavy atom. The van der Waals surface area contributed by atoms with Crippen LogP contribution in [0.2, 0.25) is 0 Å². The second kappa shape index (κ2) is 6.58. The number of rotatable bonds is 6. The van der Waals surface area contributed by atoms with Crippen LogP contribution in [0.15, 0.2) is 12.2 Å². The molecule has 0 fully saturated rings. The summed E-state index contributed by atoms with van der Waals surface area (Å²) in [4.78, 5) is 20.8. The highest BCUT2D eigenvalue weighted by molar-refractivity contribution is 5.79. The molecule has 0 saturated carbocycles. The zero-order valence-electron chi connectivity index (χ0n) is 7.25. The van der Waals surface area contributed by atoms with Crippen LogP contribution in [-0.4, -0.2) is 16.9 Å². The lowest BCUT2D eigenvalue weighted by Crippen LogP contribution is -1.93. The lowest BCUT2D eigenvalue weighted by Gasteiger charge is -1.92. The van der Waals surface area contributed by atoms with Crippen LogP contribution in [0.1, 0.15) is 32.6 Å². The standard InChI is InChI=1S/C9H14O3/c1-2-8(10)6-4-3-5-7-9(11)12/h5,7H,2-4,6H2,1H3,(H,11,12). The molecule has 0 aliphatic carbocycles. The molecule has 0 atom stereocenters. The summed E-state index contributed by atoms with van der Waals surface area (Å²) >= 11 is 0. The van der Waals surface area contributed by atoms with E-state index in [4.69, 9.17) is 5.11 Å². The maximum atomic E-state index is 10.8. The zero-order chi connectivity index (χ0) is 9.40. The lowest BCUT2D eigenvalue weighted by molar-refractivity contribution is -0.131. The first-order chi connectivity index (χ1) is 5.66. The monoisotopic (exact) mass is 170 g/mol. The minimum Gasteiger partial charge on any atom is -0.478 e. The number of hydrogen-bond acceptors (Lipinski definition) is 2. The lowest BCUT2D eigenvalue weighted by atomic mass is 10.1. The summed E-state index contributed by atoms with van der Waals surface area (Å²) in [5.41, 5.74) is 0. The minimum absolute atomic E-state index is 0.235. The van der Waals surface area contributed by atoms with E-state index >= 15 is 0 Å². The van der Waals surface area contributed by atoms with Crippen molar-refractivity contribution in [3.8, 4) is 0 Å². The van der Waals surface area contributed by atoms with Gasteiger partial charge in [0.2, 0.25) is 0 Å². The molecule has 68 valence electrons. The van der Waals surface area contributed by atoms with Crippen molar-refractivity contribution in [3.05, 3.63) is 12.2 Å². The van der Waals surface area contributed by atoms with Gasteiger partial charge in [-0.25, -0.2) is 4.79 Å². The van der Waals surface area contributed by atoms with Crippen molar-refractivity contribution in [1.82, 2.24) is 0 Å². The zero-order valence-corrected chi connectivity index (χ0v) is 7.25. The Morgan fingerprint density at radius 3 is 2.58 bits per heavy atom. The third kappa shape index (κ3) is 6.99. The summed E-state index contributed by atoms with van der Waals surface area (Å²) in [5.74, 6) is -0.699. The number of ketones is 1. The van der Waals surface area contributed by atoms with Crippen molar-refractivity contribution in [2.24, 2.45) is 0 Å². The van der Waals surface area contributed by atoms with Gasteiger partial charge < -0.3 is 5.11 Å². The molecule has 0 amide bonds. The van der Waals surface area contributed by atoms with Gasteiger partial charge in [0.25, 0.3) is 0 Å². The highest BCUT2D eigenvalue weighted by Crippen LogP contribution is 1.99. The van der Waals surface area contributed by atoms with Crippen molar-refractivity contribution in [2.75, 3.05) is 0 Å². The number of Topliss-reactive ketones (excluding diaryl/α,β-unsaturated/α-hetero) is 1. The van der Waals surface area contributed by atoms with Crippen LogP contribution in [0.5, 0.6) is 0 Å². The van der Waals surface area contributed by atoms with Crippen LogP contribution in [0.4, 0.5) is 0 Å². The van der Waals surface area contributed by atoms with E-state index in [1.165, 1.54) is 0 Å². The largest absolute Gasteiger partial charge is 0.478 e. The van der Waals surface area contributed by atoms with Crippen LogP contribution in [0.3, 0.4) is 0 Å². The topological polar surface area (TPSA) is 54.4 Å². The average Bonchev–Trinajstić information content (AvgIpc) is 2.03.